The molecule has 1 aliphatic rings. The summed E-state index contributed by atoms with van der Waals surface area (Å²) in [6.45, 7) is 1.79. The maximum atomic E-state index is 12.3. The van der Waals surface area contributed by atoms with Crippen LogP contribution < -0.4 is 5.32 Å². The van der Waals surface area contributed by atoms with Crippen LogP contribution in [0.25, 0.3) is 0 Å². The molecule has 1 aromatic heterocycles. The largest absolute Gasteiger partial charge is 0.326 e. The molecule has 1 N–H and O–H groups in total. The Kier molecular flexibility index (Phi) is 5.75. The number of hydrogen-bond donors (Lipinski definition) is 1. The minimum atomic E-state index is -0.0494. The number of nitrogens with zero attached hydrogens (tertiary/aromatic N) is 3. The Morgan fingerprint density at radius 2 is 1.80 bits per heavy atom. The molecule has 25 heavy (non-hydrogen) atoms. The molecule has 0 aliphatic heterocycles. The zero-order valence-electron chi connectivity index (χ0n) is 14.1. The summed E-state index contributed by atoms with van der Waals surface area (Å²) in [5.74, 6) is 0.215. The van der Waals surface area contributed by atoms with Gasteiger partial charge >= 0.3 is 0 Å². The van der Waals surface area contributed by atoms with Crippen LogP contribution in [0.3, 0.4) is 0 Å². The molecular weight excluding hydrogens is 336 g/mol. The van der Waals surface area contributed by atoms with Gasteiger partial charge in [0.2, 0.25) is 11.1 Å². The number of aryl methyl sites for hydroxylation is 2. The Balaban J connectivity index is 1.58. The number of aromatic nitrogens is 3. The van der Waals surface area contributed by atoms with Gasteiger partial charge in [-0.05, 0) is 49.9 Å². The Bertz CT molecular complexity index is 777. The molecule has 1 aliphatic carbocycles. The highest BCUT2D eigenvalue weighted by molar-refractivity contribution is 7.99. The molecule has 3 rings (SSSR count). The topological polar surface area (TPSA) is 84.8 Å². The second-order valence-corrected chi connectivity index (χ2v) is 6.83. The van der Waals surface area contributed by atoms with E-state index in [-0.39, 0.29) is 17.4 Å². The number of fused-ring (bicyclic) bond motifs is 1. The van der Waals surface area contributed by atoms with Crippen molar-refractivity contribution < 1.29 is 9.59 Å². The number of benzene rings is 1. The Labute approximate surface area is 150 Å². The number of amides is 1. The minimum absolute atomic E-state index is 0.000288. The van der Waals surface area contributed by atoms with E-state index in [0.29, 0.717) is 22.8 Å². The summed E-state index contributed by atoms with van der Waals surface area (Å²) in [6, 6.07) is 6.92. The van der Waals surface area contributed by atoms with Gasteiger partial charge in [0.15, 0.2) is 5.78 Å². The predicted molar refractivity (Wildman–Crippen MR) is 96.9 cm³/mol. The van der Waals surface area contributed by atoms with E-state index in [0.717, 1.165) is 37.1 Å². The summed E-state index contributed by atoms with van der Waals surface area (Å²) in [5, 5.41) is 11.7. The van der Waals surface area contributed by atoms with Crippen LogP contribution in [-0.2, 0) is 17.6 Å². The van der Waals surface area contributed by atoms with Gasteiger partial charge < -0.3 is 5.32 Å². The third-order valence-electron chi connectivity index (χ3n) is 4.04. The average Bonchev–Trinajstić information content (AvgIpc) is 2.66. The lowest BCUT2D eigenvalue weighted by Crippen LogP contribution is -2.11. The molecule has 7 heteroatoms. The van der Waals surface area contributed by atoms with Crippen molar-refractivity contribution in [2.24, 2.45) is 0 Å². The first kappa shape index (κ1) is 17.5. The molecule has 0 spiro atoms. The predicted octanol–water partition coefficient (Wildman–Crippen LogP) is 3.07. The first-order chi connectivity index (χ1) is 12.2. The van der Waals surface area contributed by atoms with Crippen LogP contribution in [0, 0.1) is 0 Å². The third-order valence-corrected chi connectivity index (χ3v) is 4.88. The van der Waals surface area contributed by atoms with E-state index in [1.165, 1.54) is 11.8 Å². The van der Waals surface area contributed by atoms with Gasteiger partial charge in [0.05, 0.1) is 17.1 Å². The fraction of sp³-hybridized carbons (Fsp3) is 0.389. The molecule has 0 atom stereocenters. The molecule has 0 radical (unpaired) electrons. The van der Waals surface area contributed by atoms with Gasteiger partial charge in [-0.15, -0.1) is 5.10 Å². The summed E-state index contributed by atoms with van der Waals surface area (Å²) in [6.07, 6.45) is 4.59. The zero-order valence-corrected chi connectivity index (χ0v) is 14.9. The summed E-state index contributed by atoms with van der Waals surface area (Å²) in [7, 11) is 0. The number of Topliss-reactive ketones (excluding diaryl/α,β-unsaturated/α-hetero) is 1. The SMILES string of the molecule is CCC(=O)Nc1ccc(C(=O)CSc2nnc3c(n2)CCCC3)cc1. The summed E-state index contributed by atoms with van der Waals surface area (Å²) in [5.41, 5.74) is 3.31. The first-order valence-corrected chi connectivity index (χ1v) is 9.42. The van der Waals surface area contributed by atoms with Crippen molar-refractivity contribution in [1.29, 1.82) is 0 Å². The highest BCUT2D eigenvalue weighted by Gasteiger charge is 2.15. The van der Waals surface area contributed by atoms with Crippen molar-refractivity contribution in [2.45, 2.75) is 44.2 Å². The van der Waals surface area contributed by atoms with Crippen LogP contribution in [0.2, 0.25) is 0 Å². The second kappa shape index (κ2) is 8.20. The van der Waals surface area contributed by atoms with Crippen molar-refractivity contribution in [3.05, 3.63) is 41.2 Å². The van der Waals surface area contributed by atoms with Gasteiger partial charge in [0.25, 0.3) is 0 Å². The van der Waals surface area contributed by atoms with E-state index in [2.05, 4.69) is 20.5 Å². The van der Waals surface area contributed by atoms with Crippen molar-refractivity contribution in [3.8, 4) is 0 Å². The fourth-order valence-electron chi connectivity index (χ4n) is 2.61. The van der Waals surface area contributed by atoms with Gasteiger partial charge in [0, 0.05) is 17.7 Å². The van der Waals surface area contributed by atoms with Gasteiger partial charge in [-0.3, -0.25) is 9.59 Å². The van der Waals surface area contributed by atoms with Gasteiger partial charge in [-0.25, -0.2) is 4.98 Å². The lowest BCUT2D eigenvalue weighted by molar-refractivity contribution is -0.115. The minimum Gasteiger partial charge on any atom is -0.326 e. The molecule has 0 saturated heterocycles. The van der Waals surface area contributed by atoms with Crippen LogP contribution in [0.4, 0.5) is 5.69 Å². The monoisotopic (exact) mass is 356 g/mol. The lowest BCUT2D eigenvalue weighted by Gasteiger charge is -2.12. The van der Waals surface area contributed by atoms with Gasteiger partial charge in [-0.2, -0.15) is 5.10 Å². The van der Waals surface area contributed by atoms with E-state index in [1.807, 2.05) is 0 Å². The van der Waals surface area contributed by atoms with Crippen molar-refractivity contribution in [3.63, 3.8) is 0 Å². The molecule has 6 nitrogen and oxygen atoms in total. The molecule has 1 heterocycles. The third kappa shape index (κ3) is 4.63. The van der Waals surface area contributed by atoms with Crippen LogP contribution in [-0.4, -0.2) is 32.6 Å². The summed E-state index contributed by atoms with van der Waals surface area (Å²) >= 11 is 1.31. The maximum Gasteiger partial charge on any atom is 0.224 e. The van der Waals surface area contributed by atoms with E-state index in [9.17, 15) is 9.59 Å². The highest BCUT2D eigenvalue weighted by atomic mass is 32.2. The van der Waals surface area contributed by atoms with Crippen LogP contribution in [0.15, 0.2) is 29.4 Å². The molecular formula is C18H20N4O2S. The van der Waals surface area contributed by atoms with Crippen molar-refractivity contribution in [2.75, 3.05) is 11.1 Å². The molecule has 1 aromatic carbocycles. The summed E-state index contributed by atoms with van der Waals surface area (Å²) in [4.78, 5) is 28.2. The summed E-state index contributed by atoms with van der Waals surface area (Å²) < 4.78 is 0. The molecule has 0 saturated carbocycles. The fourth-order valence-corrected chi connectivity index (χ4v) is 3.31. The second-order valence-electron chi connectivity index (χ2n) is 5.89. The lowest BCUT2D eigenvalue weighted by atomic mass is 10.0. The number of anilines is 1. The average molecular weight is 356 g/mol. The molecule has 130 valence electrons. The molecule has 1 amide bonds. The number of rotatable bonds is 6. The Morgan fingerprint density at radius 3 is 2.52 bits per heavy atom. The smallest absolute Gasteiger partial charge is 0.224 e. The van der Waals surface area contributed by atoms with Gasteiger partial charge in [0.1, 0.15) is 0 Å². The first-order valence-electron chi connectivity index (χ1n) is 8.44. The maximum absolute atomic E-state index is 12.3. The zero-order chi connectivity index (χ0) is 17.6. The molecule has 0 bridgehead atoms. The van der Waals surface area contributed by atoms with E-state index < -0.39 is 0 Å². The number of hydrogen-bond acceptors (Lipinski definition) is 6. The molecule has 2 aromatic rings. The van der Waals surface area contributed by atoms with Gasteiger partial charge in [-0.1, -0.05) is 18.7 Å². The molecule has 0 unspecified atom stereocenters. The highest BCUT2D eigenvalue weighted by Crippen LogP contribution is 2.21. The number of carbonyl (C=O) groups is 2. The van der Waals surface area contributed by atoms with E-state index >= 15 is 0 Å². The van der Waals surface area contributed by atoms with Crippen molar-refractivity contribution >= 4 is 29.1 Å². The standard InChI is InChI=1S/C18H20N4O2S/c1-2-17(24)19-13-9-7-12(8-10-13)16(23)11-25-18-20-14-5-3-4-6-15(14)21-22-18/h7-10H,2-6,11H2,1H3,(H,19,24). The van der Waals surface area contributed by atoms with Crippen LogP contribution >= 0.6 is 11.8 Å². The Hall–Kier alpha value is -2.28. The van der Waals surface area contributed by atoms with E-state index in [1.54, 1.807) is 31.2 Å². The Morgan fingerprint density at radius 1 is 1.08 bits per heavy atom. The van der Waals surface area contributed by atoms with Crippen LogP contribution in [0.5, 0.6) is 0 Å². The van der Waals surface area contributed by atoms with Crippen LogP contribution in [0.1, 0.15) is 47.9 Å². The molecule has 0 fully saturated rings. The number of thioether (sulfide) groups is 1. The van der Waals surface area contributed by atoms with E-state index in [4.69, 9.17) is 0 Å². The quantitative estimate of drug-likeness (QED) is 0.632. The number of nitrogens with one attached hydrogen (secondary N) is 1. The number of ketones is 1. The van der Waals surface area contributed by atoms with Crippen molar-refractivity contribution in [1.82, 2.24) is 15.2 Å². The normalized spacial score (nSPS) is 13.2. The number of carbonyl (C=O) groups excluding carboxylic acids is 2.